The molecule has 0 fully saturated rings. The van der Waals surface area contributed by atoms with E-state index in [1.165, 1.54) is 0 Å². The van der Waals surface area contributed by atoms with Gasteiger partial charge in [-0.05, 0) is 19.2 Å². The minimum atomic E-state index is 0.198. The fraction of sp³-hybridized carbons (Fsp3) is 0.333. The molecule has 0 bridgehead atoms. The van der Waals surface area contributed by atoms with Gasteiger partial charge in [0.15, 0.2) is 5.84 Å². The van der Waals surface area contributed by atoms with Crippen molar-refractivity contribution in [1.29, 1.82) is 0 Å². The van der Waals surface area contributed by atoms with Crippen LogP contribution in [0.25, 0.3) is 0 Å². The molecule has 0 aromatic carbocycles. The largest absolute Gasteiger partial charge is 0.409 e. The predicted molar refractivity (Wildman–Crippen MR) is 54.0 cm³/mol. The van der Waals surface area contributed by atoms with Gasteiger partial charge in [0.1, 0.15) is 0 Å². The Morgan fingerprint density at radius 2 is 2.43 bits per heavy atom. The van der Waals surface area contributed by atoms with Gasteiger partial charge < -0.3 is 10.9 Å². The Bertz CT molecular complexity index is 299. The Labute approximate surface area is 82.9 Å². The van der Waals surface area contributed by atoms with Gasteiger partial charge in [-0.1, -0.05) is 11.2 Å². The van der Waals surface area contributed by atoms with Crippen molar-refractivity contribution < 1.29 is 5.21 Å². The maximum absolute atomic E-state index is 8.37. The van der Waals surface area contributed by atoms with Crippen LogP contribution >= 0.6 is 0 Å². The van der Waals surface area contributed by atoms with E-state index in [0.29, 0.717) is 13.1 Å². The maximum atomic E-state index is 8.37. The maximum Gasteiger partial charge on any atom is 0.153 e. The van der Waals surface area contributed by atoms with Gasteiger partial charge in [-0.3, -0.25) is 9.88 Å². The first kappa shape index (κ1) is 10.5. The number of amidine groups is 1. The number of hydrogen-bond donors (Lipinski definition) is 2. The van der Waals surface area contributed by atoms with Gasteiger partial charge in [0.05, 0.1) is 12.2 Å². The molecular formula is C9H14N4O. The Kier molecular flexibility index (Phi) is 3.87. The first-order chi connectivity index (χ1) is 6.72. The van der Waals surface area contributed by atoms with Crippen LogP contribution in [-0.4, -0.2) is 34.5 Å². The van der Waals surface area contributed by atoms with Crippen molar-refractivity contribution >= 4 is 5.84 Å². The Hall–Kier alpha value is -1.62. The van der Waals surface area contributed by atoms with Crippen molar-refractivity contribution in [2.45, 2.75) is 6.54 Å². The predicted octanol–water partition coefficient (Wildman–Crippen LogP) is 0.260. The minimum absolute atomic E-state index is 0.198. The zero-order valence-electron chi connectivity index (χ0n) is 8.09. The van der Waals surface area contributed by atoms with E-state index < -0.39 is 0 Å². The molecule has 0 amide bonds. The number of rotatable bonds is 4. The normalized spacial score (nSPS) is 12.0. The lowest BCUT2D eigenvalue weighted by Gasteiger charge is -2.14. The number of aromatic nitrogens is 1. The first-order valence-corrected chi connectivity index (χ1v) is 4.27. The zero-order chi connectivity index (χ0) is 10.4. The Balaban J connectivity index is 2.45. The number of hydrogen-bond acceptors (Lipinski definition) is 4. The van der Waals surface area contributed by atoms with Crippen molar-refractivity contribution in [3.63, 3.8) is 0 Å². The second-order valence-corrected chi connectivity index (χ2v) is 3.08. The summed E-state index contributed by atoms with van der Waals surface area (Å²) in [5.74, 6) is 0.198. The smallest absolute Gasteiger partial charge is 0.153 e. The molecule has 76 valence electrons. The Morgan fingerprint density at radius 3 is 3.00 bits per heavy atom. The molecule has 1 rings (SSSR count). The zero-order valence-corrected chi connectivity index (χ0v) is 8.09. The minimum Gasteiger partial charge on any atom is -0.409 e. The standard InChI is InChI=1S/C9H14N4O/c1-13(7-9(10)12-14)6-8-4-2-3-5-11-8/h2-5,14H,6-7H2,1H3,(H2,10,12). The monoisotopic (exact) mass is 194 g/mol. The molecule has 0 saturated heterocycles. The average Bonchev–Trinajstić information content (AvgIpc) is 2.19. The fourth-order valence-electron chi connectivity index (χ4n) is 1.13. The molecule has 5 nitrogen and oxygen atoms in total. The van der Waals surface area contributed by atoms with Crippen molar-refractivity contribution in [2.75, 3.05) is 13.6 Å². The summed E-state index contributed by atoms with van der Waals surface area (Å²) < 4.78 is 0. The van der Waals surface area contributed by atoms with Crippen LogP contribution in [0.1, 0.15) is 5.69 Å². The van der Waals surface area contributed by atoms with Crippen LogP contribution in [0.5, 0.6) is 0 Å². The molecule has 0 atom stereocenters. The molecule has 0 unspecified atom stereocenters. The summed E-state index contributed by atoms with van der Waals surface area (Å²) >= 11 is 0. The van der Waals surface area contributed by atoms with Gasteiger partial charge in [-0.2, -0.15) is 0 Å². The summed E-state index contributed by atoms with van der Waals surface area (Å²) in [6, 6.07) is 5.73. The summed E-state index contributed by atoms with van der Waals surface area (Å²) in [6.07, 6.45) is 1.74. The summed E-state index contributed by atoms with van der Waals surface area (Å²) in [5.41, 5.74) is 6.32. The second kappa shape index (κ2) is 5.18. The van der Waals surface area contributed by atoms with Gasteiger partial charge in [0.25, 0.3) is 0 Å². The van der Waals surface area contributed by atoms with E-state index >= 15 is 0 Å². The summed E-state index contributed by atoms with van der Waals surface area (Å²) in [7, 11) is 1.88. The lowest BCUT2D eigenvalue weighted by Crippen LogP contribution is -2.30. The summed E-state index contributed by atoms with van der Waals surface area (Å²) in [4.78, 5) is 6.08. The number of pyridine rings is 1. The highest BCUT2D eigenvalue weighted by Crippen LogP contribution is 1.97. The number of oxime groups is 1. The molecule has 0 aliphatic heterocycles. The van der Waals surface area contributed by atoms with Crippen molar-refractivity contribution in [3.05, 3.63) is 30.1 Å². The lowest BCUT2D eigenvalue weighted by molar-refractivity contribution is 0.307. The van der Waals surface area contributed by atoms with E-state index in [0.717, 1.165) is 5.69 Å². The highest BCUT2D eigenvalue weighted by molar-refractivity contribution is 5.81. The molecular weight excluding hydrogens is 180 g/mol. The van der Waals surface area contributed by atoms with Gasteiger partial charge >= 0.3 is 0 Å². The van der Waals surface area contributed by atoms with Gasteiger partial charge in [-0.15, -0.1) is 0 Å². The molecule has 3 N–H and O–H groups in total. The van der Waals surface area contributed by atoms with Crippen molar-refractivity contribution in [2.24, 2.45) is 10.9 Å². The van der Waals surface area contributed by atoms with Gasteiger partial charge in [0.2, 0.25) is 0 Å². The summed E-state index contributed by atoms with van der Waals surface area (Å²) in [5, 5.41) is 11.3. The van der Waals surface area contributed by atoms with Crippen LogP contribution in [-0.2, 0) is 6.54 Å². The Morgan fingerprint density at radius 1 is 1.64 bits per heavy atom. The number of nitrogens with zero attached hydrogens (tertiary/aromatic N) is 3. The fourth-order valence-corrected chi connectivity index (χ4v) is 1.13. The highest BCUT2D eigenvalue weighted by Gasteiger charge is 2.02. The topological polar surface area (TPSA) is 74.7 Å². The molecule has 1 aromatic heterocycles. The van der Waals surface area contributed by atoms with Crippen LogP contribution in [0.3, 0.4) is 0 Å². The quantitative estimate of drug-likeness (QED) is 0.312. The number of nitrogens with two attached hydrogens (primary N) is 1. The molecule has 1 aromatic rings. The van der Waals surface area contributed by atoms with E-state index in [-0.39, 0.29) is 5.84 Å². The van der Waals surface area contributed by atoms with Crippen LogP contribution in [0, 0.1) is 0 Å². The molecule has 1 heterocycles. The van der Waals surface area contributed by atoms with E-state index in [9.17, 15) is 0 Å². The SMILES string of the molecule is CN(C/C(N)=N/O)Cc1ccccn1. The third kappa shape index (κ3) is 3.40. The molecule has 0 aliphatic rings. The molecule has 0 spiro atoms. The van der Waals surface area contributed by atoms with E-state index in [1.807, 2.05) is 30.1 Å². The molecule has 5 heteroatoms. The van der Waals surface area contributed by atoms with Crippen LogP contribution in [0.2, 0.25) is 0 Å². The van der Waals surface area contributed by atoms with Crippen LogP contribution < -0.4 is 5.73 Å². The molecule has 0 saturated carbocycles. The van der Waals surface area contributed by atoms with Crippen LogP contribution in [0.4, 0.5) is 0 Å². The van der Waals surface area contributed by atoms with Crippen molar-refractivity contribution in [3.8, 4) is 0 Å². The van der Waals surface area contributed by atoms with E-state index in [1.54, 1.807) is 6.20 Å². The molecule has 0 radical (unpaired) electrons. The van der Waals surface area contributed by atoms with Crippen molar-refractivity contribution in [1.82, 2.24) is 9.88 Å². The third-order valence-electron chi connectivity index (χ3n) is 1.72. The number of likely N-dealkylation sites (N-methyl/N-ethyl adjacent to an activating group) is 1. The highest BCUT2D eigenvalue weighted by atomic mass is 16.4. The first-order valence-electron chi connectivity index (χ1n) is 4.27. The lowest BCUT2D eigenvalue weighted by atomic mass is 10.3. The molecule has 14 heavy (non-hydrogen) atoms. The van der Waals surface area contributed by atoms with Gasteiger partial charge in [-0.25, -0.2) is 0 Å². The van der Waals surface area contributed by atoms with Gasteiger partial charge in [0, 0.05) is 12.7 Å². The second-order valence-electron chi connectivity index (χ2n) is 3.08. The van der Waals surface area contributed by atoms with E-state index in [2.05, 4.69) is 10.1 Å². The third-order valence-corrected chi connectivity index (χ3v) is 1.72. The van der Waals surface area contributed by atoms with Crippen LogP contribution in [0.15, 0.2) is 29.6 Å². The summed E-state index contributed by atoms with van der Waals surface area (Å²) in [6.45, 7) is 1.10. The molecule has 0 aliphatic carbocycles. The average molecular weight is 194 g/mol. The van der Waals surface area contributed by atoms with E-state index in [4.69, 9.17) is 10.9 Å².